The Morgan fingerprint density at radius 2 is 1.81 bits per heavy atom. The van der Waals surface area contributed by atoms with Gasteiger partial charge in [-0.25, -0.2) is 0 Å². The Bertz CT molecular complexity index is 361. The van der Waals surface area contributed by atoms with E-state index >= 15 is 0 Å². The molecule has 1 saturated carbocycles. The van der Waals surface area contributed by atoms with E-state index in [2.05, 4.69) is 11.4 Å². The quantitative estimate of drug-likeness (QED) is 0.722. The molecule has 0 heterocycles. The van der Waals surface area contributed by atoms with Gasteiger partial charge in [-0.2, -0.15) is 5.26 Å². The Balaban J connectivity index is 2.70. The third-order valence-electron chi connectivity index (χ3n) is 4.88. The highest BCUT2D eigenvalue weighted by Crippen LogP contribution is 2.36. The predicted molar refractivity (Wildman–Crippen MR) is 83.5 cm³/mol. The minimum atomic E-state index is -0.894. The van der Waals surface area contributed by atoms with Gasteiger partial charge >= 0.3 is 0 Å². The smallest absolute Gasteiger partial charge is 0.240 e. The molecule has 0 unspecified atom stereocenters. The van der Waals surface area contributed by atoms with E-state index in [0.29, 0.717) is 19.4 Å². The van der Waals surface area contributed by atoms with Gasteiger partial charge in [-0.3, -0.25) is 4.79 Å². The molecule has 21 heavy (non-hydrogen) atoms. The van der Waals surface area contributed by atoms with Crippen LogP contribution in [0.4, 0.5) is 0 Å². The standard InChI is InChI=1S/C17H30N2O2/c1-3-8-17(12-18,9-4-2)15(21)19-13-16(14-20)10-6-5-7-11-16/h20H,3-11,13-14H2,1-2H3,(H,19,21). The number of nitriles is 1. The van der Waals surface area contributed by atoms with Gasteiger partial charge in [-0.15, -0.1) is 0 Å². The van der Waals surface area contributed by atoms with E-state index in [1.54, 1.807) is 0 Å². The van der Waals surface area contributed by atoms with Crippen molar-refractivity contribution >= 4 is 5.91 Å². The lowest BCUT2D eigenvalue weighted by atomic mass is 9.74. The molecule has 2 N–H and O–H groups in total. The molecular formula is C17H30N2O2. The molecule has 0 aromatic rings. The van der Waals surface area contributed by atoms with Crippen LogP contribution >= 0.6 is 0 Å². The SMILES string of the molecule is CCCC(C#N)(CCC)C(=O)NCC1(CO)CCCCC1. The van der Waals surface area contributed by atoms with Crippen LogP contribution in [0.25, 0.3) is 0 Å². The van der Waals surface area contributed by atoms with E-state index in [1.165, 1.54) is 6.42 Å². The van der Waals surface area contributed by atoms with Crippen molar-refractivity contribution in [1.29, 1.82) is 5.26 Å². The van der Waals surface area contributed by atoms with Gasteiger partial charge in [0.2, 0.25) is 5.91 Å². The first-order valence-electron chi connectivity index (χ1n) is 8.38. The Labute approximate surface area is 128 Å². The van der Waals surface area contributed by atoms with Gasteiger partial charge in [0.15, 0.2) is 0 Å². The first-order chi connectivity index (χ1) is 10.1. The van der Waals surface area contributed by atoms with E-state index in [1.807, 2.05) is 13.8 Å². The summed E-state index contributed by atoms with van der Waals surface area (Å²) in [5.74, 6) is -0.146. The van der Waals surface area contributed by atoms with Crippen molar-refractivity contribution in [2.24, 2.45) is 10.8 Å². The molecule has 0 spiro atoms. The summed E-state index contributed by atoms with van der Waals surface area (Å²) in [7, 11) is 0. The third-order valence-corrected chi connectivity index (χ3v) is 4.88. The minimum Gasteiger partial charge on any atom is -0.396 e. The summed E-state index contributed by atoms with van der Waals surface area (Å²) in [5, 5.41) is 22.2. The monoisotopic (exact) mass is 294 g/mol. The van der Waals surface area contributed by atoms with E-state index < -0.39 is 5.41 Å². The molecule has 0 bridgehead atoms. The summed E-state index contributed by atoms with van der Waals surface area (Å²) < 4.78 is 0. The van der Waals surface area contributed by atoms with Crippen molar-refractivity contribution in [2.45, 2.75) is 71.6 Å². The fraction of sp³-hybridized carbons (Fsp3) is 0.882. The lowest BCUT2D eigenvalue weighted by Crippen LogP contribution is -2.47. The highest BCUT2D eigenvalue weighted by atomic mass is 16.3. The molecular weight excluding hydrogens is 264 g/mol. The van der Waals surface area contributed by atoms with Gasteiger partial charge in [-0.05, 0) is 25.7 Å². The normalized spacial score (nSPS) is 18.0. The molecule has 1 aliphatic rings. The number of amides is 1. The zero-order valence-corrected chi connectivity index (χ0v) is 13.6. The Kier molecular flexibility index (Phi) is 7.17. The molecule has 0 aromatic heterocycles. The summed E-state index contributed by atoms with van der Waals surface area (Å²) >= 11 is 0. The summed E-state index contributed by atoms with van der Waals surface area (Å²) in [6.07, 6.45) is 8.23. The summed E-state index contributed by atoms with van der Waals surface area (Å²) in [4.78, 5) is 12.6. The maximum absolute atomic E-state index is 12.6. The van der Waals surface area contributed by atoms with Crippen molar-refractivity contribution < 1.29 is 9.90 Å². The molecule has 0 aliphatic heterocycles. The van der Waals surface area contributed by atoms with Crippen molar-refractivity contribution in [3.05, 3.63) is 0 Å². The van der Waals surface area contributed by atoms with Crippen LogP contribution in [0.5, 0.6) is 0 Å². The van der Waals surface area contributed by atoms with Crippen LogP contribution in [-0.4, -0.2) is 24.2 Å². The summed E-state index contributed by atoms with van der Waals surface area (Å²) in [6.45, 7) is 4.63. The van der Waals surface area contributed by atoms with Crippen molar-refractivity contribution in [3.63, 3.8) is 0 Å². The average Bonchev–Trinajstić information content (AvgIpc) is 2.53. The number of carbonyl (C=O) groups is 1. The molecule has 0 aromatic carbocycles. The van der Waals surface area contributed by atoms with E-state index in [-0.39, 0.29) is 17.9 Å². The Morgan fingerprint density at radius 1 is 1.24 bits per heavy atom. The van der Waals surface area contributed by atoms with Gasteiger partial charge in [0.25, 0.3) is 0 Å². The second-order valence-corrected chi connectivity index (χ2v) is 6.60. The molecule has 120 valence electrons. The van der Waals surface area contributed by atoms with E-state index in [0.717, 1.165) is 38.5 Å². The first kappa shape index (κ1) is 18.0. The molecule has 1 amide bonds. The fourth-order valence-electron chi connectivity index (χ4n) is 3.50. The topological polar surface area (TPSA) is 73.1 Å². The van der Waals surface area contributed by atoms with Gasteiger partial charge in [-0.1, -0.05) is 46.0 Å². The number of nitrogens with one attached hydrogen (secondary N) is 1. The molecule has 1 rings (SSSR count). The van der Waals surface area contributed by atoms with E-state index in [4.69, 9.17) is 0 Å². The maximum atomic E-state index is 12.6. The lowest BCUT2D eigenvalue weighted by molar-refractivity contribution is -0.129. The summed E-state index contributed by atoms with van der Waals surface area (Å²) in [6, 6.07) is 2.26. The Hall–Kier alpha value is -1.08. The lowest BCUT2D eigenvalue weighted by Gasteiger charge is -2.36. The number of aliphatic hydroxyl groups is 1. The van der Waals surface area contributed by atoms with Gasteiger partial charge in [0.1, 0.15) is 5.41 Å². The van der Waals surface area contributed by atoms with Crippen LogP contribution in [0.15, 0.2) is 0 Å². The van der Waals surface area contributed by atoms with Crippen LogP contribution < -0.4 is 5.32 Å². The second-order valence-electron chi connectivity index (χ2n) is 6.60. The minimum absolute atomic E-state index is 0.119. The van der Waals surface area contributed by atoms with Gasteiger partial charge < -0.3 is 10.4 Å². The third kappa shape index (κ3) is 4.44. The largest absolute Gasteiger partial charge is 0.396 e. The maximum Gasteiger partial charge on any atom is 0.240 e. The number of hydrogen-bond acceptors (Lipinski definition) is 3. The molecule has 1 aliphatic carbocycles. The van der Waals surface area contributed by atoms with Gasteiger partial charge in [0, 0.05) is 12.0 Å². The number of carbonyl (C=O) groups excluding carboxylic acids is 1. The van der Waals surface area contributed by atoms with Crippen molar-refractivity contribution in [1.82, 2.24) is 5.32 Å². The predicted octanol–water partition coefficient (Wildman–Crippen LogP) is 3.16. The van der Waals surface area contributed by atoms with Crippen LogP contribution in [0.3, 0.4) is 0 Å². The molecule has 0 radical (unpaired) electrons. The van der Waals surface area contributed by atoms with Crippen molar-refractivity contribution in [2.75, 3.05) is 13.2 Å². The average molecular weight is 294 g/mol. The van der Waals surface area contributed by atoms with Crippen LogP contribution in [0.1, 0.15) is 71.6 Å². The van der Waals surface area contributed by atoms with Crippen LogP contribution in [0, 0.1) is 22.2 Å². The number of hydrogen-bond donors (Lipinski definition) is 2. The Morgan fingerprint density at radius 3 is 2.24 bits per heavy atom. The second kappa shape index (κ2) is 8.38. The van der Waals surface area contributed by atoms with Crippen LogP contribution in [-0.2, 0) is 4.79 Å². The van der Waals surface area contributed by atoms with Crippen molar-refractivity contribution in [3.8, 4) is 6.07 Å². The molecule has 0 saturated heterocycles. The molecule has 4 nitrogen and oxygen atoms in total. The van der Waals surface area contributed by atoms with E-state index in [9.17, 15) is 15.2 Å². The highest BCUT2D eigenvalue weighted by Gasteiger charge is 2.39. The molecule has 4 heteroatoms. The molecule has 1 fully saturated rings. The molecule has 0 atom stereocenters. The highest BCUT2D eigenvalue weighted by molar-refractivity contribution is 5.85. The number of aliphatic hydroxyl groups excluding tert-OH is 1. The van der Waals surface area contributed by atoms with Gasteiger partial charge in [0.05, 0.1) is 12.7 Å². The fourth-order valence-corrected chi connectivity index (χ4v) is 3.50. The number of nitrogens with zero attached hydrogens (tertiary/aromatic N) is 1. The van der Waals surface area contributed by atoms with Crippen LogP contribution in [0.2, 0.25) is 0 Å². The zero-order chi connectivity index (χ0) is 15.8. The number of rotatable bonds is 8. The zero-order valence-electron chi connectivity index (χ0n) is 13.6. The summed E-state index contributed by atoms with van der Waals surface area (Å²) in [5.41, 5.74) is -1.07. The first-order valence-corrected chi connectivity index (χ1v) is 8.38.